The van der Waals surface area contributed by atoms with Gasteiger partial charge < -0.3 is 14.2 Å². The predicted molar refractivity (Wildman–Crippen MR) is 113 cm³/mol. The third-order valence-corrected chi connectivity index (χ3v) is 4.62. The Hall–Kier alpha value is -1.86. The highest BCUT2D eigenvalue weighted by Gasteiger charge is 2.19. The van der Waals surface area contributed by atoms with E-state index >= 15 is 0 Å². The average molecular weight is 453 g/mol. The van der Waals surface area contributed by atoms with E-state index in [-0.39, 0.29) is 5.56 Å². The largest absolute Gasteiger partial charge is 0.494 e. The molecule has 0 saturated carbocycles. The topological polar surface area (TPSA) is 62.6 Å². The highest BCUT2D eigenvalue weighted by molar-refractivity contribution is 9.10. The lowest BCUT2D eigenvalue weighted by molar-refractivity contribution is 0.120. The smallest absolute Gasteiger partial charge is 0.285 e. The molecule has 0 spiro atoms. The van der Waals surface area contributed by atoms with Crippen LogP contribution in [-0.2, 0) is 16.9 Å². The summed E-state index contributed by atoms with van der Waals surface area (Å²) in [6.45, 7) is 10.4. The van der Waals surface area contributed by atoms with Gasteiger partial charge >= 0.3 is 0 Å². The van der Waals surface area contributed by atoms with E-state index in [1.807, 2.05) is 45.0 Å². The molecule has 1 aromatic heterocycles. The summed E-state index contributed by atoms with van der Waals surface area (Å²) in [5.74, 6) is 1.24. The minimum atomic E-state index is -0.393. The molecular formula is C21H29BrN2O4. The average Bonchev–Trinajstić information content (AvgIpc) is 2.65. The van der Waals surface area contributed by atoms with Gasteiger partial charge in [-0.25, -0.2) is 4.68 Å². The number of nitrogens with zero attached hydrogens (tertiary/aromatic N) is 2. The summed E-state index contributed by atoms with van der Waals surface area (Å²) in [5.41, 5.74) is 0.373. The zero-order valence-corrected chi connectivity index (χ0v) is 18.6. The van der Waals surface area contributed by atoms with Gasteiger partial charge in [-0.2, -0.15) is 5.10 Å². The quantitative estimate of drug-likeness (QED) is 0.495. The maximum absolute atomic E-state index is 12.4. The molecule has 7 heteroatoms. The van der Waals surface area contributed by atoms with Gasteiger partial charge in [0.1, 0.15) is 16.8 Å². The molecule has 0 aliphatic carbocycles. The monoisotopic (exact) mass is 452 g/mol. The Morgan fingerprint density at radius 2 is 1.79 bits per heavy atom. The highest BCUT2D eigenvalue weighted by Crippen LogP contribution is 2.22. The first-order chi connectivity index (χ1) is 13.3. The van der Waals surface area contributed by atoms with Crippen molar-refractivity contribution in [3.63, 3.8) is 0 Å². The molecule has 0 atom stereocenters. The number of hydrogen-bond acceptors (Lipinski definition) is 5. The minimum Gasteiger partial charge on any atom is -0.494 e. The Balaban J connectivity index is 1.86. The summed E-state index contributed by atoms with van der Waals surface area (Å²) in [5, 5.41) is 4.22. The summed E-state index contributed by atoms with van der Waals surface area (Å²) in [4.78, 5) is 12.4. The van der Waals surface area contributed by atoms with Crippen LogP contribution in [0, 0.1) is 0 Å². The van der Waals surface area contributed by atoms with Gasteiger partial charge in [0, 0.05) is 19.6 Å². The van der Waals surface area contributed by atoms with Crippen LogP contribution in [0.4, 0.5) is 0 Å². The second-order valence-corrected chi connectivity index (χ2v) is 8.25. The van der Waals surface area contributed by atoms with Crippen molar-refractivity contribution in [2.24, 2.45) is 0 Å². The molecule has 1 heterocycles. The van der Waals surface area contributed by atoms with Crippen LogP contribution in [0.1, 0.15) is 46.1 Å². The Bertz CT molecular complexity index is 798. The van der Waals surface area contributed by atoms with Gasteiger partial charge in [0.05, 0.1) is 18.3 Å². The molecule has 0 bridgehead atoms. The Morgan fingerprint density at radius 3 is 2.43 bits per heavy atom. The molecule has 1 aromatic carbocycles. The van der Waals surface area contributed by atoms with Crippen molar-refractivity contribution in [2.75, 3.05) is 19.8 Å². The highest BCUT2D eigenvalue weighted by atomic mass is 79.9. The van der Waals surface area contributed by atoms with Crippen molar-refractivity contribution in [3.05, 3.63) is 50.9 Å². The summed E-state index contributed by atoms with van der Waals surface area (Å²) in [6, 6.07) is 7.72. The molecule has 0 aliphatic heterocycles. The van der Waals surface area contributed by atoms with Crippen molar-refractivity contribution < 1.29 is 14.2 Å². The minimum absolute atomic E-state index is 0.211. The van der Waals surface area contributed by atoms with Crippen molar-refractivity contribution in [2.45, 2.75) is 52.7 Å². The van der Waals surface area contributed by atoms with E-state index in [1.165, 1.54) is 4.68 Å². The summed E-state index contributed by atoms with van der Waals surface area (Å²) >= 11 is 3.33. The van der Waals surface area contributed by atoms with Crippen LogP contribution >= 0.6 is 15.9 Å². The van der Waals surface area contributed by atoms with E-state index in [1.54, 1.807) is 6.20 Å². The molecule has 2 aromatic rings. The Morgan fingerprint density at radius 1 is 1.07 bits per heavy atom. The zero-order valence-electron chi connectivity index (χ0n) is 17.0. The number of benzene rings is 1. The van der Waals surface area contributed by atoms with Crippen LogP contribution in [0.25, 0.3) is 0 Å². The second-order valence-electron chi connectivity index (χ2n) is 7.46. The lowest BCUT2D eigenvalue weighted by Gasteiger charge is -2.21. The van der Waals surface area contributed by atoms with Gasteiger partial charge in [-0.3, -0.25) is 4.79 Å². The molecule has 154 valence electrons. The van der Waals surface area contributed by atoms with Gasteiger partial charge in [0.25, 0.3) is 5.56 Å². The fourth-order valence-corrected chi connectivity index (χ4v) is 2.82. The van der Waals surface area contributed by atoms with E-state index in [2.05, 4.69) is 28.0 Å². The molecule has 2 rings (SSSR count). The van der Waals surface area contributed by atoms with Crippen LogP contribution in [0.5, 0.6) is 11.5 Å². The zero-order chi connectivity index (χ0) is 20.6. The molecule has 0 radical (unpaired) electrons. The van der Waals surface area contributed by atoms with Gasteiger partial charge in [0.2, 0.25) is 0 Å². The van der Waals surface area contributed by atoms with Crippen LogP contribution < -0.4 is 15.0 Å². The predicted octanol–water partition coefficient (Wildman–Crippen LogP) is 4.54. The molecule has 0 amide bonds. The summed E-state index contributed by atoms with van der Waals surface area (Å²) < 4.78 is 18.7. The Kier molecular flexibility index (Phi) is 8.51. The summed E-state index contributed by atoms with van der Waals surface area (Å²) in [7, 11) is 0. The van der Waals surface area contributed by atoms with E-state index < -0.39 is 5.54 Å². The van der Waals surface area contributed by atoms with Crippen LogP contribution in [0.3, 0.4) is 0 Å². The first-order valence-electron chi connectivity index (χ1n) is 9.53. The van der Waals surface area contributed by atoms with Crippen molar-refractivity contribution in [3.8, 4) is 11.5 Å². The lowest BCUT2D eigenvalue weighted by Crippen LogP contribution is -2.36. The molecule has 28 heavy (non-hydrogen) atoms. The standard InChI is InChI=1S/C21H29BrN2O4/c1-5-11-26-12-6-13-27-17-9-7-16(8-10-17)15-28-18-14-23-24(21(2,3)4)20(25)19(18)22/h7-10,14H,5-6,11-13,15H2,1-4H3. The van der Waals surface area contributed by atoms with Gasteiger partial charge in [-0.15, -0.1) is 0 Å². The first kappa shape index (κ1) is 22.4. The molecule has 0 unspecified atom stereocenters. The molecule has 0 fully saturated rings. The number of rotatable bonds is 10. The van der Waals surface area contributed by atoms with Crippen molar-refractivity contribution in [1.82, 2.24) is 9.78 Å². The fraction of sp³-hybridized carbons (Fsp3) is 0.524. The van der Waals surface area contributed by atoms with E-state index in [0.717, 1.165) is 37.4 Å². The van der Waals surface area contributed by atoms with Crippen LogP contribution in [-0.4, -0.2) is 29.6 Å². The summed E-state index contributed by atoms with van der Waals surface area (Å²) in [6.07, 6.45) is 3.47. The van der Waals surface area contributed by atoms with E-state index in [9.17, 15) is 4.79 Å². The maximum atomic E-state index is 12.4. The van der Waals surface area contributed by atoms with Gasteiger partial charge in [-0.1, -0.05) is 19.1 Å². The molecule has 6 nitrogen and oxygen atoms in total. The fourth-order valence-electron chi connectivity index (χ4n) is 2.44. The van der Waals surface area contributed by atoms with Crippen molar-refractivity contribution in [1.29, 1.82) is 0 Å². The molecule has 0 aliphatic rings. The third-order valence-electron chi connectivity index (χ3n) is 3.89. The molecular weight excluding hydrogens is 424 g/mol. The van der Waals surface area contributed by atoms with Crippen molar-refractivity contribution >= 4 is 15.9 Å². The number of aromatic nitrogens is 2. The van der Waals surface area contributed by atoms with Gasteiger partial charge in [0.15, 0.2) is 5.75 Å². The van der Waals surface area contributed by atoms with E-state index in [4.69, 9.17) is 14.2 Å². The van der Waals surface area contributed by atoms with Gasteiger partial charge in [-0.05, 0) is 60.8 Å². The Labute approximate surface area is 174 Å². The third kappa shape index (κ3) is 6.63. The normalized spacial score (nSPS) is 11.5. The van der Waals surface area contributed by atoms with E-state index in [0.29, 0.717) is 23.4 Å². The number of halogens is 1. The molecule has 0 saturated heterocycles. The lowest BCUT2D eigenvalue weighted by atomic mass is 10.1. The molecule has 0 N–H and O–H groups in total. The van der Waals surface area contributed by atoms with Crippen LogP contribution in [0.15, 0.2) is 39.7 Å². The first-order valence-corrected chi connectivity index (χ1v) is 10.3. The maximum Gasteiger partial charge on any atom is 0.285 e. The SMILES string of the molecule is CCCOCCCOc1ccc(COc2cnn(C(C)(C)C)c(=O)c2Br)cc1. The number of hydrogen-bond donors (Lipinski definition) is 0. The number of ether oxygens (including phenoxy) is 3. The van der Waals surface area contributed by atoms with Crippen LogP contribution in [0.2, 0.25) is 0 Å². The second kappa shape index (κ2) is 10.6.